The summed E-state index contributed by atoms with van der Waals surface area (Å²) in [4.78, 5) is 3.93. The van der Waals surface area contributed by atoms with Crippen LogP contribution >= 0.6 is 0 Å². The van der Waals surface area contributed by atoms with Crippen LogP contribution in [0.2, 0.25) is 0 Å². The Labute approximate surface area is 66.9 Å². The van der Waals surface area contributed by atoms with Gasteiger partial charge in [-0.15, -0.1) is 0 Å². The van der Waals surface area contributed by atoms with Crippen molar-refractivity contribution < 1.29 is 5.11 Å². The molecule has 60 valence electrons. The fourth-order valence-corrected chi connectivity index (χ4v) is 1.05. The SMILES string of the molecule is C[C@H](CCO)c1ccncc1. The molecule has 11 heavy (non-hydrogen) atoms. The molecule has 1 aromatic heterocycles. The fourth-order valence-electron chi connectivity index (χ4n) is 1.05. The predicted molar refractivity (Wildman–Crippen MR) is 44.4 cm³/mol. The van der Waals surface area contributed by atoms with E-state index in [0.717, 1.165) is 6.42 Å². The minimum Gasteiger partial charge on any atom is -0.396 e. The van der Waals surface area contributed by atoms with Crippen molar-refractivity contribution in [3.05, 3.63) is 30.1 Å². The van der Waals surface area contributed by atoms with Crippen molar-refractivity contribution in [2.75, 3.05) is 6.61 Å². The Hall–Kier alpha value is -0.890. The molecular weight excluding hydrogens is 138 g/mol. The zero-order valence-electron chi connectivity index (χ0n) is 6.70. The van der Waals surface area contributed by atoms with Crippen LogP contribution in [-0.2, 0) is 0 Å². The summed E-state index contributed by atoms with van der Waals surface area (Å²) in [6, 6.07) is 3.97. The molecule has 0 aliphatic carbocycles. The fraction of sp³-hybridized carbons (Fsp3) is 0.444. The third-order valence-electron chi connectivity index (χ3n) is 1.84. The minimum atomic E-state index is 0.253. The highest BCUT2D eigenvalue weighted by Crippen LogP contribution is 2.16. The van der Waals surface area contributed by atoms with Gasteiger partial charge >= 0.3 is 0 Å². The first kappa shape index (κ1) is 8.21. The number of nitrogens with zero attached hydrogens (tertiary/aromatic N) is 1. The first-order valence-corrected chi connectivity index (χ1v) is 3.85. The topological polar surface area (TPSA) is 33.1 Å². The lowest BCUT2D eigenvalue weighted by molar-refractivity contribution is 0.278. The maximum Gasteiger partial charge on any atom is 0.0436 e. The molecular formula is C9H13NO. The van der Waals surface area contributed by atoms with Gasteiger partial charge < -0.3 is 5.11 Å². The highest BCUT2D eigenvalue weighted by atomic mass is 16.3. The molecule has 0 unspecified atom stereocenters. The van der Waals surface area contributed by atoms with Gasteiger partial charge in [0.05, 0.1) is 0 Å². The molecule has 1 atom stereocenters. The van der Waals surface area contributed by atoms with Crippen LogP contribution in [0.3, 0.4) is 0 Å². The van der Waals surface area contributed by atoms with Crippen LogP contribution < -0.4 is 0 Å². The molecule has 0 aliphatic heterocycles. The van der Waals surface area contributed by atoms with Gasteiger partial charge in [0, 0.05) is 19.0 Å². The Morgan fingerprint density at radius 1 is 1.45 bits per heavy atom. The minimum absolute atomic E-state index is 0.253. The summed E-state index contributed by atoms with van der Waals surface area (Å²) in [7, 11) is 0. The summed E-state index contributed by atoms with van der Waals surface area (Å²) < 4.78 is 0. The van der Waals surface area contributed by atoms with Crippen LogP contribution in [0, 0.1) is 0 Å². The largest absolute Gasteiger partial charge is 0.396 e. The van der Waals surface area contributed by atoms with Crippen molar-refractivity contribution >= 4 is 0 Å². The number of rotatable bonds is 3. The van der Waals surface area contributed by atoms with Crippen LogP contribution in [0.15, 0.2) is 24.5 Å². The van der Waals surface area contributed by atoms with Gasteiger partial charge in [-0.05, 0) is 30.0 Å². The molecule has 2 heteroatoms. The Morgan fingerprint density at radius 3 is 2.64 bits per heavy atom. The molecule has 0 saturated carbocycles. The quantitative estimate of drug-likeness (QED) is 0.711. The third kappa shape index (κ3) is 2.31. The molecule has 1 rings (SSSR count). The summed E-state index contributed by atoms with van der Waals surface area (Å²) in [5, 5.41) is 8.68. The van der Waals surface area contributed by atoms with Crippen molar-refractivity contribution in [2.45, 2.75) is 19.3 Å². The van der Waals surface area contributed by atoms with Gasteiger partial charge in [0.25, 0.3) is 0 Å². The molecule has 1 N–H and O–H groups in total. The highest BCUT2D eigenvalue weighted by Gasteiger charge is 2.02. The van der Waals surface area contributed by atoms with E-state index in [1.165, 1.54) is 5.56 Å². The van der Waals surface area contributed by atoms with E-state index in [1.807, 2.05) is 12.1 Å². The number of hydrogen-bond acceptors (Lipinski definition) is 2. The Bertz CT molecular complexity index is 198. The monoisotopic (exact) mass is 151 g/mol. The molecule has 0 amide bonds. The van der Waals surface area contributed by atoms with Gasteiger partial charge in [0.1, 0.15) is 0 Å². The van der Waals surface area contributed by atoms with E-state index in [9.17, 15) is 0 Å². The number of aliphatic hydroxyl groups is 1. The lowest BCUT2D eigenvalue weighted by Crippen LogP contribution is -1.96. The van der Waals surface area contributed by atoms with Gasteiger partial charge in [-0.2, -0.15) is 0 Å². The van der Waals surface area contributed by atoms with Crippen LogP contribution in [0.5, 0.6) is 0 Å². The van der Waals surface area contributed by atoms with E-state index in [2.05, 4.69) is 11.9 Å². The van der Waals surface area contributed by atoms with Crippen molar-refractivity contribution in [3.63, 3.8) is 0 Å². The van der Waals surface area contributed by atoms with Crippen LogP contribution in [0.4, 0.5) is 0 Å². The summed E-state index contributed by atoms with van der Waals surface area (Å²) in [6.07, 6.45) is 4.39. The van der Waals surface area contributed by atoms with Crippen LogP contribution in [-0.4, -0.2) is 16.7 Å². The average molecular weight is 151 g/mol. The van der Waals surface area contributed by atoms with E-state index >= 15 is 0 Å². The van der Waals surface area contributed by atoms with E-state index in [1.54, 1.807) is 12.4 Å². The molecule has 0 saturated heterocycles. The Balaban J connectivity index is 2.61. The zero-order valence-corrected chi connectivity index (χ0v) is 6.70. The van der Waals surface area contributed by atoms with Crippen molar-refractivity contribution in [1.29, 1.82) is 0 Å². The van der Waals surface area contributed by atoms with Crippen molar-refractivity contribution in [2.24, 2.45) is 0 Å². The number of aliphatic hydroxyl groups excluding tert-OH is 1. The smallest absolute Gasteiger partial charge is 0.0436 e. The maximum absolute atomic E-state index is 8.68. The Morgan fingerprint density at radius 2 is 2.09 bits per heavy atom. The van der Waals surface area contributed by atoms with Crippen molar-refractivity contribution in [3.8, 4) is 0 Å². The van der Waals surface area contributed by atoms with Crippen LogP contribution in [0.1, 0.15) is 24.8 Å². The second kappa shape index (κ2) is 4.09. The first-order valence-electron chi connectivity index (χ1n) is 3.85. The molecule has 0 aromatic carbocycles. The van der Waals surface area contributed by atoms with E-state index in [4.69, 9.17) is 5.11 Å². The molecule has 2 nitrogen and oxygen atoms in total. The summed E-state index contributed by atoms with van der Waals surface area (Å²) >= 11 is 0. The van der Waals surface area contributed by atoms with Gasteiger partial charge in [0.2, 0.25) is 0 Å². The number of hydrogen-bond donors (Lipinski definition) is 1. The van der Waals surface area contributed by atoms with Gasteiger partial charge in [-0.3, -0.25) is 4.98 Å². The molecule has 0 spiro atoms. The molecule has 1 heterocycles. The average Bonchev–Trinajstić information content (AvgIpc) is 2.07. The van der Waals surface area contributed by atoms with E-state index in [0.29, 0.717) is 5.92 Å². The standard InChI is InChI=1S/C9H13NO/c1-8(4-7-11)9-2-5-10-6-3-9/h2-3,5-6,8,11H,4,7H2,1H3/t8-/m1/s1. The summed E-state index contributed by atoms with van der Waals surface area (Å²) in [6.45, 7) is 2.36. The lowest BCUT2D eigenvalue weighted by atomic mass is 10.00. The normalized spacial score (nSPS) is 12.9. The first-order chi connectivity index (χ1) is 5.34. The highest BCUT2D eigenvalue weighted by molar-refractivity contribution is 5.14. The van der Waals surface area contributed by atoms with Crippen LogP contribution in [0.25, 0.3) is 0 Å². The van der Waals surface area contributed by atoms with E-state index < -0.39 is 0 Å². The third-order valence-corrected chi connectivity index (χ3v) is 1.84. The number of aromatic nitrogens is 1. The lowest BCUT2D eigenvalue weighted by Gasteiger charge is -2.08. The summed E-state index contributed by atoms with van der Waals surface area (Å²) in [5.74, 6) is 0.433. The zero-order chi connectivity index (χ0) is 8.10. The molecule has 0 bridgehead atoms. The molecule has 0 fully saturated rings. The van der Waals surface area contributed by atoms with Gasteiger partial charge in [0.15, 0.2) is 0 Å². The summed E-state index contributed by atoms with van der Waals surface area (Å²) in [5.41, 5.74) is 1.24. The maximum atomic E-state index is 8.68. The molecule has 1 aromatic rings. The predicted octanol–water partition coefficient (Wildman–Crippen LogP) is 1.57. The number of pyridine rings is 1. The van der Waals surface area contributed by atoms with Gasteiger partial charge in [-0.1, -0.05) is 6.92 Å². The second-order valence-corrected chi connectivity index (χ2v) is 2.69. The van der Waals surface area contributed by atoms with E-state index in [-0.39, 0.29) is 6.61 Å². The van der Waals surface area contributed by atoms with Gasteiger partial charge in [-0.25, -0.2) is 0 Å². The molecule has 0 radical (unpaired) electrons. The van der Waals surface area contributed by atoms with Crippen molar-refractivity contribution in [1.82, 2.24) is 4.98 Å². The second-order valence-electron chi connectivity index (χ2n) is 2.69. The molecule has 0 aliphatic rings. The Kier molecular flexibility index (Phi) is 3.05.